The molecule has 1 fully saturated rings. The summed E-state index contributed by atoms with van der Waals surface area (Å²) in [5.41, 5.74) is 3.56. The van der Waals surface area contributed by atoms with E-state index in [1.54, 1.807) is 26.0 Å². The van der Waals surface area contributed by atoms with Crippen LogP contribution in [0.2, 0.25) is 0 Å². The zero-order valence-electron chi connectivity index (χ0n) is 18.0. The summed E-state index contributed by atoms with van der Waals surface area (Å²) < 4.78 is 29.6. The quantitative estimate of drug-likeness (QED) is 0.526. The van der Waals surface area contributed by atoms with Crippen LogP contribution in [0.15, 0.2) is 35.2 Å². The van der Waals surface area contributed by atoms with Gasteiger partial charge in [0.2, 0.25) is 5.91 Å². The summed E-state index contributed by atoms with van der Waals surface area (Å²) in [6, 6.07) is 9.00. The number of fused-ring (bicyclic) bond motifs is 1. The van der Waals surface area contributed by atoms with Gasteiger partial charge in [-0.1, -0.05) is 48.3 Å². The molecule has 0 aliphatic heterocycles. The van der Waals surface area contributed by atoms with Crippen LogP contribution in [0.5, 0.6) is 0 Å². The Kier molecular flexibility index (Phi) is 6.03. The van der Waals surface area contributed by atoms with E-state index in [0.717, 1.165) is 35.9 Å². The van der Waals surface area contributed by atoms with Crippen molar-refractivity contribution in [1.29, 1.82) is 0 Å². The Labute approximate surface area is 187 Å². The average molecular weight is 458 g/mol. The molecule has 6 nitrogen and oxygen atoms in total. The summed E-state index contributed by atoms with van der Waals surface area (Å²) in [4.78, 5) is 17.3. The van der Waals surface area contributed by atoms with Gasteiger partial charge in [0, 0.05) is 5.92 Å². The lowest BCUT2D eigenvalue weighted by Crippen LogP contribution is -2.24. The molecule has 1 aliphatic carbocycles. The standard InChI is InChI=1S/C23H27N3O3S2/c1-14-11-15(2)21(16(3)12-14)31(28,29)26-18-9-10-20-19(13-18)24-23(30-20)25-22(27)17-7-5-4-6-8-17/h9-13,17,26H,4-8H2,1-3H3,(H,24,25,27). The van der Waals surface area contributed by atoms with Gasteiger partial charge in [-0.05, 0) is 62.9 Å². The maximum Gasteiger partial charge on any atom is 0.262 e. The lowest BCUT2D eigenvalue weighted by atomic mass is 9.89. The summed E-state index contributed by atoms with van der Waals surface area (Å²) in [6.45, 7) is 5.56. The van der Waals surface area contributed by atoms with Gasteiger partial charge in [-0.25, -0.2) is 13.4 Å². The van der Waals surface area contributed by atoms with E-state index in [4.69, 9.17) is 0 Å². The topological polar surface area (TPSA) is 88.2 Å². The number of aryl methyl sites for hydroxylation is 3. The van der Waals surface area contributed by atoms with Gasteiger partial charge in [0.25, 0.3) is 10.0 Å². The Morgan fingerprint density at radius 3 is 2.39 bits per heavy atom. The molecular weight excluding hydrogens is 430 g/mol. The number of rotatable bonds is 5. The molecule has 1 aliphatic rings. The predicted octanol–water partition coefficient (Wildman–Crippen LogP) is 5.54. The zero-order chi connectivity index (χ0) is 22.2. The second-order valence-corrected chi connectivity index (χ2v) is 11.0. The average Bonchev–Trinajstić information content (AvgIpc) is 3.08. The highest BCUT2D eigenvalue weighted by Gasteiger charge is 2.23. The van der Waals surface area contributed by atoms with Crippen LogP contribution in [0, 0.1) is 26.7 Å². The minimum Gasteiger partial charge on any atom is -0.302 e. The molecule has 3 aromatic rings. The fourth-order valence-electron chi connectivity index (χ4n) is 4.41. The van der Waals surface area contributed by atoms with Crippen LogP contribution in [-0.2, 0) is 14.8 Å². The number of benzene rings is 2. The van der Waals surface area contributed by atoms with Gasteiger partial charge in [-0.15, -0.1) is 0 Å². The first-order chi connectivity index (χ1) is 14.7. The molecule has 0 unspecified atom stereocenters. The summed E-state index contributed by atoms with van der Waals surface area (Å²) >= 11 is 1.40. The summed E-state index contributed by atoms with van der Waals surface area (Å²) in [7, 11) is -3.73. The molecule has 0 saturated heterocycles. The van der Waals surface area contributed by atoms with Gasteiger partial charge < -0.3 is 5.32 Å². The number of nitrogens with zero attached hydrogens (tertiary/aromatic N) is 1. The Morgan fingerprint density at radius 1 is 1.03 bits per heavy atom. The Bertz CT molecular complexity index is 1220. The fraction of sp³-hybridized carbons (Fsp3) is 0.391. The number of aromatic nitrogens is 1. The number of hydrogen-bond acceptors (Lipinski definition) is 5. The number of amides is 1. The number of thiazole rings is 1. The van der Waals surface area contributed by atoms with Crippen molar-refractivity contribution >= 4 is 48.3 Å². The molecule has 2 N–H and O–H groups in total. The van der Waals surface area contributed by atoms with Crippen molar-refractivity contribution in [2.75, 3.05) is 10.0 Å². The number of nitrogens with one attached hydrogen (secondary N) is 2. The fourth-order valence-corrected chi connectivity index (χ4v) is 6.77. The Morgan fingerprint density at radius 2 is 1.71 bits per heavy atom. The number of anilines is 2. The molecule has 1 amide bonds. The van der Waals surface area contributed by atoms with Gasteiger partial charge in [0.1, 0.15) is 0 Å². The number of carbonyl (C=O) groups excluding carboxylic acids is 1. The second kappa shape index (κ2) is 8.59. The smallest absolute Gasteiger partial charge is 0.262 e. The van der Waals surface area contributed by atoms with E-state index in [0.29, 0.717) is 32.4 Å². The van der Waals surface area contributed by atoms with E-state index in [1.165, 1.54) is 17.8 Å². The van der Waals surface area contributed by atoms with Crippen molar-refractivity contribution in [2.45, 2.75) is 57.8 Å². The summed E-state index contributed by atoms with van der Waals surface area (Å²) in [6.07, 6.45) is 5.26. The number of carbonyl (C=O) groups is 1. The van der Waals surface area contributed by atoms with Crippen LogP contribution in [0.4, 0.5) is 10.8 Å². The third-order valence-electron chi connectivity index (χ3n) is 5.72. The van der Waals surface area contributed by atoms with Crippen LogP contribution in [0.25, 0.3) is 10.2 Å². The van der Waals surface area contributed by atoms with Gasteiger partial charge in [0.15, 0.2) is 5.13 Å². The minimum atomic E-state index is -3.73. The van der Waals surface area contributed by atoms with E-state index in [-0.39, 0.29) is 11.8 Å². The molecule has 4 rings (SSSR count). The maximum absolute atomic E-state index is 13.0. The van der Waals surface area contributed by atoms with Crippen LogP contribution in [-0.4, -0.2) is 19.3 Å². The highest BCUT2D eigenvalue weighted by Crippen LogP contribution is 2.31. The summed E-state index contributed by atoms with van der Waals surface area (Å²) in [5.74, 6) is 0.0918. The summed E-state index contributed by atoms with van der Waals surface area (Å²) in [5, 5.41) is 3.50. The van der Waals surface area contributed by atoms with Crippen molar-refractivity contribution in [1.82, 2.24) is 4.98 Å². The normalized spacial score (nSPS) is 15.2. The van der Waals surface area contributed by atoms with Crippen molar-refractivity contribution in [2.24, 2.45) is 5.92 Å². The third kappa shape index (κ3) is 4.75. The van der Waals surface area contributed by atoms with Crippen LogP contribution in [0.1, 0.15) is 48.8 Å². The molecule has 31 heavy (non-hydrogen) atoms. The van der Waals surface area contributed by atoms with Crippen molar-refractivity contribution in [3.05, 3.63) is 47.0 Å². The van der Waals surface area contributed by atoms with Crippen molar-refractivity contribution < 1.29 is 13.2 Å². The minimum absolute atomic E-state index is 0.0324. The van der Waals surface area contributed by atoms with Crippen molar-refractivity contribution in [3.63, 3.8) is 0 Å². The molecule has 2 aromatic carbocycles. The molecule has 1 aromatic heterocycles. The monoisotopic (exact) mass is 457 g/mol. The lowest BCUT2D eigenvalue weighted by molar-refractivity contribution is -0.120. The van der Waals surface area contributed by atoms with Gasteiger partial charge in [-0.3, -0.25) is 9.52 Å². The number of hydrogen-bond donors (Lipinski definition) is 2. The molecule has 0 spiro atoms. The molecule has 0 atom stereocenters. The zero-order valence-corrected chi connectivity index (χ0v) is 19.6. The van der Waals surface area contributed by atoms with Crippen molar-refractivity contribution in [3.8, 4) is 0 Å². The van der Waals surface area contributed by atoms with Crippen LogP contribution < -0.4 is 10.0 Å². The first-order valence-electron chi connectivity index (χ1n) is 10.5. The van der Waals surface area contributed by atoms with Gasteiger partial charge >= 0.3 is 0 Å². The van der Waals surface area contributed by atoms with E-state index in [2.05, 4.69) is 15.0 Å². The molecule has 0 bridgehead atoms. The van der Waals surface area contributed by atoms with E-state index in [9.17, 15) is 13.2 Å². The van der Waals surface area contributed by atoms with Gasteiger partial charge in [0.05, 0.1) is 20.8 Å². The van der Waals surface area contributed by atoms with Gasteiger partial charge in [-0.2, -0.15) is 0 Å². The molecule has 8 heteroatoms. The Balaban J connectivity index is 1.55. The molecule has 1 heterocycles. The second-order valence-electron chi connectivity index (χ2n) is 8.36. The Hall–Kier alpha value is -2.45. The van der Waals surface area contributed by atoms with E-state index >= 15 is 0 Å². The largest absolute Gasteiger partial charge is 0.302 e. The lowest BCUT2D eigenvalue weighted by Gasteiger charge is -2.19. The number of sulfonamides is 1. The molecule has 0 radical (unpaired) electrons. The third-order valence-corrected chi connectivity index (χ3v) is 8.36. The first-order valence-corrected chi connectivity index (χ1v) is 12.8. The molecule has 1 saturated carbocycles. The molecular formula is C23H27N3O3S2. The molecule has 164 valence electrons. The van der Waals surface area contributed by atoms with Crippen LogP contribution in [0.3, 0.4) is 0 Å². The highest BCUT2D eigenvalue weighted by atomic mass is 32.2. The maximum atomic E-state index is 13.0. The van der Waals surface area contributed by atoms with E-state index in [1.807, 2.05) is 25.1 Å². The SMILES string of the molecule is Cc1cc(C)c(S(=O)(=O)Nc2ccc3sc(NC(=O)C4CCCCC4)nc3c2)c(C)c1. The highest BCUT2D eigenvalue weighted by molar-refractivity contribution is 7.92. The van der Waals surface area contributed by atoms with E-state index < -0.39 is 10.0 Å². The van der Waals surface area contributed by atoms with Crippen LogP contribution >= 0.6 is 11.3 Å². The predicted molar refractivity (Wildman–Crippen MR) is 126 cm³/mol. The first kappa shape index (κ1) is 21.8.